The highest BCUT2D eigenvalue weighted by Gasteiger charge is 2.30. The molecule has 0 radical (unpaired) electrons. The number of nitrogens with zero attached hydrogens (tertiary/aromatic N) is 1. The van der Waals surface area contributed by atoms with Crippen LogP contribution < -0.4 is 5.32 Å². The lowest BCUT2D eigenvalue weighted by Crippen LogP contribution is -2.42. The molecule has 0 aliphatic carbocycles. The molecular formula is C13H14F2N2O2. The number of rotatable bonds is 3. The zero-order valence-electron chi connectivity index (χ0n) is 10.2. The average Bonchev–Trinajstić information content (AvgIpc) is 2.38. The number of nitriles is 1. The Morgan fingerprint density at radius 2 is 1.89 bits per heavy atom. The van der Waals surface area contributed by atoms with Gasteiger partial charge in [-0.15, -0.1) is 0 Å². The van der Waals surface area contributed by atoms with E-state index in [1.807, 2.05) is 0 Å². The van der Waals surface area contributed by atoms with Crippen LogP contribution in [0.1, 0.15) is 18.4 Å². The molecule has 1 aromatic rings. The first kappa shape index (κ1) is 13.7. The lowest BCUT2D eigenvalue weighted by molar-refractivity contribution is -0.0543. The van der Waals surface area contributed by atoms with E-state index >= 15 is 0 Å². The second kappa shape index (κ2) is 5.51. The predicted molar refractivity (Wildman–Crippen MR) is 64.6 cm³/mol. The van der Waals surface area contributed by atoms with Crippen molar-refractivity contribution in [3.8, 4) is 6.07 Å². The number of ether oxygens (including phenoxy) is 1. The molecule has 1 fully saturated rings. The van der Waals surface area contributed by atoms with Gasteiger partial charge in [-0.1, -0.05) is 0 Å². The van der Waals surface area contributed by atoms with Gasteiger partial charge in [-0.05, 0) is 12.1 Å². The Balaban J connectivity index is 2.09. The van der Waals surface area contributed by atoms with Gasteiger partial charge in [-0.25, -0.2) is 8.78 Å². The van der Waals surface area contributed by atoms with E-state index in [-0.39, 0.29) is 17.8 Å². The van der Waals surface area contributed by atoms with E-state index in [1.165, 1.54) is 0 Å². The van der Waals surface area contributed by atoms with Crippen molar-refractivity contribution in [2.24, 2.45) is 0 Å². The molecule has 2 N–H and O–H groups in total. The quantitative estimate of drug-likeness (QED) is 0.877. The van der Waals surface area contributed by atoms with Crippen molar-refractivity contribution in [3.05, 3.63) is 29.3 Å². The van der Waals surface area contributed by atoms with Gasteiger partial charge in [0.15, 0.2) is 11.6 Å². The summed E-state index contributed by atoms with van der Waals surface area (Å²) >= 11 is 0. The lowest BCUT2D eigenvalue weighted by atomic mass is 9.94. The third-order valence-corrected chi connectivity index (χ3v) is 3.19. The molecule has 1 saturated heterocycles. The molecular weight excluding hydrogens is 254 g/mol. The van der Waals surface area contributed by atoms with Gasteiger partial charge >= 0.3 is 0 Å². The van der Waals surface area contributed by atoms with Crippen molar-refractivity contribution in [1.29, 1.82) is 5.26 Å². The monoisotopic (exact) mass is 268 g/mol. The minimum atomic E-state index is -1.02. The van der Waals surface area contributed by atoms with Crippen LogP contribution in [0.5, 0.6) is 0 Å². The SMILES string of the molecule is N#Cc1cc(F)c(NCC2(O)CCOCC2)c(F)c1. The molecule has 1 heterocycles. The maximum absolute atomic E-state index is 13.6. The van der Waals surface area contributed by atoms with Crippen LogP contribution >= 0.6 is 0 Å². The van der Waals surface area contributed by atoms with Gasteiger partial charge in [0.05, 0.1) is 17.2 Å². The standard InChI is InChI=1S/C13H14F2N2O2/c14-10-5-9(7-16)6-11(15)12(10)17-8-13(18)1-3-19-4-2-13/h5-6,17-18H,1-4,8H2. The van der Waals surface area contributed by atoms with Crippen molar-refractivity contribution >= 4 is 5.69 Å². The number of aliphatic hydroxyl groups is 1. The molecule has 0 amide bonds. The van der Waals surface area contributed by atoms with Gasteiger partial charge < -0.3 is 15.2 Å². The van der Waals surface area contributed by atoms with Crippen molar-refractivity contribution in [2.75, 3.05) is 25.1 Å². The molecule has 102 valence electrons. The maximum atomic E-state index is 13.6. The molecule has 1 aromatic carbocycles. The Bertz CT molecular complexity index is 485. The summed E-state index contributed by atoms with van der Waals surface area (Å²) in [5, 5.41) is 21.3. The second-order valence-electron chi connectivity index (χ2n) is 4.62. The first-order chi connectivity index (χ1) is 9.04. The molecule has 0 spiro atoms. The Morgan fingerprint density at radius 1 is 1.32 bits per heavy atom. The summed E-state index contributed by atoms with van der Waals surface area (Å²) in [7, 11) is 0. The van der Waals surface area contributed by atoms with Crippen LogP contribution in [-0.2, 0) is 4.74 Å². The summed E-state index contributed by atoms with van der Waals surface area (Å²) in [5.74, 6) is -1.68. The maximum Gasteiger partial charge on any atom is 0.150 e. The van der Waals surface area contributed by atoms with E-state index in [0.717, 1.165) is 12.1 Å². The molecule has 1 aliphatic rings. The average molecular weight is 268 g/mol. The highest BCUT2D eigenvalue weighted by atomic mass is 19.1. The van der Waals surface area contributed by atoms with Crippen LogP contribution in [0.4, 0.5) is 14.5 Å². The van der Waals surface area contributed by atoms with Crippen LogP contribution in [0, 0.1) is 23.0 Å². The van der Waals surface area contributed by atoms with Crippen LogP contribution in [0.15, 0.2) is 12.1 Å². The van der Waals surface area contributed by atoms with Crippen LogP contribution in [0.3, 0.4) is 0 Å². The Hall–Kier alpha value is -1.71. The first-order valence-electron chi connectivity index (χ1n) is 5.97. The van der Waals surface area contributed by atoms with E-state index in [9.17, 15) is 13.9 Å². The highest BCUT2D eigenvalue weighted by Crippen LogP contribution is 2.24. The Labute approximate surface area is 109 Å². The minimum absolute atomic E-state index is 0.0378. The summed E-state index contributed by atoms with van der Waals surface area (Å²) in [5.41, 5.74) is -1.42. The fourth-order valence-electron chi connectivity index (χ4n) is 1.99. The molecule has 4 nitrogen and oxygen atoms in total. The Morgan fingerprint density at radius 3 is 2.42 bits per heavy atom. The molecule has 0 unspecified atom stereocenters. The summed E-state index contributed by atoms with van der Waals surface area (Å²) in [6.07, 6.45) is 0.832. The topological polar surface area (TPSA) is 65.3 Å². The van der Waals surface area contributed by atoms with E-state index in [2.05, 4.69) is 5.32 Å². The van der Waals surface area contributed by atoms with Gasteiger partial charge in [0, 0.05) is 32.6 Å². The second-order valence-corrected chi connectivity index (χ2v) is 4.62. The van der Waals surface area contributed by atoms with Crippen molar-refractivity contribution in [1.82, 2.24) is 0 Å². The molecule has 6 heteroatoms. The smallest absolute Gasteiger partial charge is 0.150 e. The molecule has 2 rings (SSSR count). The van der Waals surface area contributed by atoms with Crippen LogP contribution in [0.2, 0.25) is 0 Å². The predicted octanol–water partition coefficient (Wildman–Crippen LogP) is 1.79. The van der Waals surface area contributed by atoms with Crippen LogP contribution in [0.25, 0.3) is 0 Å². The number of benzene rings is 1. The number of hydrogen-bond acceptors (Lipinski definition) is 4. The Kier molecular flexibility index (Phi) is 3.98. The number of anilines is 1. The summed E-state index contributed by atoms with van der Waals surface area (Å²) in [4.78, 5) is 0. The summed E-state index contributed by atoms with van der Waals surface area (Å²) in [6, 6.07) is 3.59. The fraction of sp³-hybridized carbons (Fsp3) is 0.462. The fourth-order valence-corrected chi connectivity index (χ4v) is 1.99. The highest BCUT2D eigenvalue weighted by molar-refractivity contribution is 5.50. The minimum Gasteiger partial charge on any atom is -0.388 e. The zero-order chi connectivity index (χ0) is 13.9. The van der Waals surface area contributed by atoms with Gasteiger partial charge in [0.25, 0.3) is 0 Å². The largest absolute Gasteiger partial charge is 0.388 e. The summed E-state index contributed by atoms with van der Waals surface area (Å²) in [6.45, 7) is 0.892. The molecule has 1 aliphatic heterocycles. The third-order valence-electron chi connectivity index (χ3n) is 3.19. The molecule has 0 aromatic heterocycles. The number of hydrogen-bond donors (Lipinski definition) is 2. The van der Waals surface area contributed by atoms with Gasteiger partial charge in [0.1, 0.15) is 5.69 Å². The van der Waals surface area contributed by atoms with Crippen molar-refractivity contribution in [3.63, 3.8) is 0 Å². The normalized spacial score (nSPS) is 17.8. The molecule has 19 heavy (non-hydrogen) atoms. The number of nitrogens with one attached hydrogen (secondary N) is 1. The molecule has 0 atom stereocenters. The number of halogens is 2. The van der Waals surface area contributed by atoms with E-state index in [0.29, 0.717) is 26.1 Å². The first-order valence-corrected chi connectivity index (χ1v) is 5.97. The summed E-state index contributed by atoms with van der Waals surface area (Å²) < 4.78 is 32.4. The zero-order valence-corrected chi connectivity index (χ0v) is 10.2. The van der Waals surface area contributed by atoms with Crippen molar-refractivity contribution < 1.29 is 18.6 Å². The molecule has 0 saturated carbocycles. The van der Waals surface area contributed by atoms with E-state index in [1.54, 1.807) is 6.07 Å². The van der Waals surface area contributed by atoms with Crippen LogP contribution in [-0.4, -0.2) is 30.5 Å². The van der Waals surface area contributed by atoms with E-state index < -0.39 is 17.2 Å². The van der Waals surface area contributed by atoms with Gasteiger partial charge in [0.2, 0.25) is 0 Å². The third kappa shape index (κ3) is 3.19. The lowest BCUT2D eigenvalue weighted by Gasteiger charge is -2.32. The molecule has 0 bridgehead atoms. The van der Waals surface area contributed by atoms with E-state index in [4.69, 9.17) is 10.00 Å². The van der Waals surface area contributed by atoms with Gasteiger partial charge in [-0.2, -0.15) is 5.26 Å². The van der Waals surface area contributed by atoms with Crippen molar-refractivity contribution in [2.45, 2.75) is 18.4 Å². The van der Waals surface area contributed by atoms with Gasteiger partial charge in [-0.3, -0.25) is 0 Å².